The Hall–Kier alpha value is -1.39. The molecule has 1 aliphatic rings. The molecule has 0 spiro atoms. The summed E-state index contributed by atoms with van der Waals surface area (Å²) in [7, 11) is 1.60. The van der Waals surface area contributed by atoms with Gasteiger partial charge >= 0.3 is 0 Å². The minimum atomic E-state index is -0.0107. The van der Waals surface area contributed by atoms with Crippen molar-refractivity contribution in [1.29, 1.82) is 0 Å². The molecule has 0 saturated carbocycles. The maximum absolute atomic E-state index is 12.3. The van der Waals surface area contributed by atoms with Crippen LogP contribution in [-0.4, -0.2) is 38.7 Å². The summed E-state index contributed by atoms with van der Waals surface area (Å²) in [4.78, 5) is 12.3. The van der Waals surface area contributed by atoms with Gasteiger partial charge < -0.3 is 14.8 Å². The summed E-state index contributed by atoms with van der Waals surface area (Å²) in [6, 6.07) is 3.78. The third kappa shape index (κ3) is 3.38. The summed E-state index contributed by atoms with van der Waals surface area (Å²) >= 11 is 0. The van der Waals surface area contributed by atoms with Crippen LogP contribution in [0.25, 0.3) is 0 Å². The largest absolute Gasteiger partial charge is 0.496 e. The molecule has 0 unspecified atom stereocenters. The van der Waals surface area contributed by atoms with Gasteiger partial charge in [0.15, 0.2) is 5.78 Å². The van der Waals surface area contributed by atoms with E-state index < -0.39 is 0 Å². The average Bonchev–Trinajstić information content (AvgIpc) is 2.48. The molecule has 0 bridgehead atoms. The third-order valence-corrected chi connectivity index (χ3v) is 3.92. The maximum atomic E-state index is 12.3. The van der Waals surface area contributed by atoms with Gasteiger partial charge in [0.1, 0.15) is 12.4 Å². The SMILES string of the molecule is COc1c(C(=O)COC2CCNCC2)ccc(C)c1C. The molecule has 1 heterocycles. The zero-order valence-corrected chi connectivity index (χ0v) is 12.5. The van der Waals surface area contributed by atoms with Crippen molar-refractivity contribution in [2.75, 3.05) is 26.8 Å². The zero-order chi connectivity index (χ0) is 14.5. The van der Waals surface area contributed by atoms with Crippen LogP contribution in [0.3, 0.4) is 0 Å². The Morgan fingerprint density at radius 3 is 2.65 bits per heavy atom. The van der Waals surface area contributed by atoms with Crippen molar-refractivity contribution in [3.05, 3.63) is 28.8 Å². The Labute approximate surface area is 120 Å². The van der Waals surface area contributed by atoms with E-state index in [1.54, 1.807) is 7.11 Å². The van der Waals surface area contributed by atoms with Crippen molar-refractivity contribution in [2.45, 2.75) is 32.8 Å². The second-order valence-corrected chi connectivity index (χ2v) is 5.27. The first-order valence-electron chi connectivity index (χ1n) is 7.13. The first-order chi connectivity index (χ1) is 9.63. The number of carbonyl (C=O) groups excluding carboxylic acids is 1. The number of ketones is 1. The summed E-state index contributed by atoms with van der Waals surface area (Å²) in [5.41, 5.74) is 2.75. The molecule has 1 aliphatic heterocycles. The van der Waals surface area contributed by atoms with Gasteiger partial charge in [0.25, 0.3) is 0 Å². The van der Waals surface area contributed by atoms with Crippen molar-refractivity contribution in [1.82, 2.24) is 5.32 Å². The van der Waals surface area contributed by atoms with E-state index in [1.807, 2.05) is 26.0 Å². The molecular weight excluding hydrogens is 254 g/mol. The Bertz CT molecular complexity index is 479. The lowest BCUT2D eigenvalue weighted by molar-refractivity contribution is 0.0316. The van der Waals surface area contributed by atoms with Crippen molar-refractivity contribution >= 4 is 5.78 Å². The number of nitrogens with one attached hydrogen (secondary N) is 1. The lowest BCUT2D eigenvalue weighted by Gasteiger charge is -2.22. The molecule has 0 aromatic heterocycles. The molecule has 20 heavy (non-hydrogen) atoms. The molecule has 0 radical (unpaired) electrons. The molecule has 2 rings (SSSR count). The number of ether oxygens (including phenoxy) is 2. The molecule has 1 fully saturated rings. The van der Waals surface area contributed by atoms with Crippen molar-refractivity contribution in [3.63, 3.8) is 0 Å². The van der Waals surface area contributed by atoms with Gasteiger partial charge in [-0.25, -0.2) is 0 Å². The van der Waals surface area contributed by atoms with Crippen molar-refractivity contribution in [2.24, 2.45) is 0 Å². The van der Waals surface area contributed by atoms with Crippen LogP contribution in [-0.2, 0) is 4.74 Å². The first kappa shape index (κ1) is 15.0. The van der Waals surface area contributed by atoms with Crippen LogP contribution in [0.15, 0.2) is 12.1 Å². The quantitative estimate of drug-likeness (QED) is 0.839. The number of aryl methyl sites for hydroxylation is 1. The highest BCUT2D eigenvalue weighted by atomic mass is 16.5. The summed E-state index contributed by atoms with van der Waals surface area (Å²) < 4.78 is 11.1. The summed E-state index contributed by atoms with van der Waals surface area (Å²) in [6.45, 7) is 6.04. The van der Waals surface area contributed by atoms with Crippen LogP contribution < -0.4 is 10.1 Å². The number of hydrogen-bond donors (Lipinski definition) is 1. The van der Waals surface area contributed by atoms with Crippen LogP contribution in [0.4, 0.5) is 0 Å². The van der Waals surface area contributed by atoms with E-state index >= 15 is 0 Å². The number of Topliss-reactive ketones (excluding diaryl/α,β-unsaturated/α-hetero) is 1. The van der Waals surface area contributed by atoms with Gasteiger partial charge in [0.2, 0.25) is 0 Å². The standard InChI is InChI=1S/C16H23NO3/c1-11-4-5-14(16(19-3)12(11)2)15(18)10-20-13-6-8-17-9-7-13/h4-5,13,17H,6-10H2,1-3H3. The predicted molar refractivity (Wildman–Crippen MR) is 78.6 cm³/mol. The van der Waals surface area contributed by atoms with Crippen LogP contribution in [0.1, 0.15) is 34.3 Å². The molecule has 4 nitrogen and oxygen atoms in total. The Balaban J connectivity index is 2.03. The van der Waals surface area contributed by atoms with E-state index in [0.717, 1.165) is 37.1 Å². The number of rotatable bonds is 5. The fourth-order valence-corrected chi connectivity index (χ4v) is 2.51. The van der Waals surface area contributed by atoms with Gasteiger partial charge in [-0.2, -0.15) is 0 Å². The van der Waals surface area contributed by atoms with E-state index in [-0.39, 0.29) is 18.5 Å². The topological polar surface area (TPSA) is 47.6 Å². The van der Waals surface area contributed by atoms with Gasteiger partial charge in [-0.1, -0.05) is 6.07 Å². The Morgan fingerprint density at radius 2 is 2.00 bits per heavy atom. The van der Waals surface area contributed by atoms with Crippen molar-refractivity contribution < 1.29 is 14.3 Å². The third-order valence-electron chi connectivity index (χ3n) is 3.92. The highest BCUT2D eigenvalue weighted by molar-refractivity contribution is 6.00. The lowest BCUT2D eigenvalue weighted by Crippen LogP contribution is -2.33. The highest BCUT2D eigenvalue weighted by Gasteiger charge is 2.19. The summed E-state index contributed by atoms with van der Waals surface area (Å²) in [6.07, 6.45) is 2.13. The molecule has 110 valence electrons. The summed E-state index contributed by atoms with van der Waals surface area (Å²) in [5, 5.41) is 3.28. The van der Waals surface area contributed by atoms with Gasteiger partial charge in [0.05, 0.1) is 18.8 Å². The van der Waals surface area contributed by atoms with Crippen LogP contribution in [0.2, 0.25) is 0 Å². The molecule has 4 heteroatoms. The van der Waals surface area contributed by atoms with Crippen molar-refractivity contribution in [3.8, 4) is 5.75 Å². The van der Waals surface area contributed by atoms with Crippen LogP contribution in [0.5, 0.6) is 5.75 Å². The number of hydrogen-bond acceptors (Lipinski definition) is 4. The second-order valence-electron chi connectivity index (χ2n) is 5.27. The molecule has 0 amide bonds. The normalized spacial score (nSPS) is 16.1. The first-order valence-corrected chi connectivity index (χ1v) is 7.13. The van der Waals surface area contributed by atoms with E-state index in [9.17, 15) is 4.79 Å². The Morgan fingerprint density at radius 1 is 1.30 bits per heavy atom. The number of benzene rings is 1. The second kappa shape index (κ2) is 6.86. The van der Waals surface area contributed by atoms with E-state index in [0.29, 0.717) is 11.3 Å². The lowest BCUT2D eigenvalue weighted by atomic mass is 10.0. The number of carbonyl (C=O) groups is 1. The molecule has 0 aliphatic carbocycles. The molecule has 0 atom stereocenters. The van der Waals surface area contributed by atoms with Gasteiger partial charge in [-0.3, -0.25) is 4.79 Å². The van der Waals surface area contributed by atoms with Crippen LogP contribution >= 0.6 is 0 Å². The molecule has 1 aromatic carbocycles. The predicted octanol–water partition coefficient (Wildman–Crippen LogP) is 2.26. The van der Waals surface area contributed by atoms with Crippen LogP contribution in [0, 0.1) is 13.8 Å². The number of piperidine rings is 1. The number of methoxy groups -OCH3 is 1. The van der Waals surface area contributed by atoms with Gasteiger partial charge in [-0.15, -0.1) is 0 Å². The fraction of sp³-hybridized carbons (Fsp3) is 0.562. The molecular formula is C16H23NO3. The van der Waals surface area contributed by atoms with Gasteiger partial charge in [-0.05, 0) is 57.0 Å². The highest BCUT2D eigenvalue weighted by Crippen LogP contribution is 2.26. The molecule has 1 N–H and O–H groups in total. The Kier molecular flexibility index (Phi) is 5.15. The molecule has 1 saturated heterocycles. The van der Waals surface area contributed by atoms with Gasteiger partial charge in [0, 0.05) is 0 Å². The molecule has 1 aromatic rings. The zero-order valence-electron chi connectivity index (χ0n) is 12.5. The maximum Gasteiger partial charge on any atom is 0.192 e. The smallest absolute Gasteiger partial charge is 0.192 e. The minimum absolute atomic E-state index is 0.0107. The summed E-state index contributed by atoms with van der Waals surface area (Å²) in [5.74, 6) is 0.660. The van der Waals surface area contributed by atoms with E-state index in [2.05, 4.69) is 5.32 Å². The fourth-order valence-electron chi connectivity index (χ4n) is 2.51. The average molecular weight is 277 g/mol. The minimum Gasteiger partial charge on any atom is -0.496 e. The monoisotopic (exact) mass is 277 g/mol. The van der Waals surface area contributed by atoms with E-state index in [4.69, 9.17) is 9.47 Å². The van der Waals surface area contributed by atoms with E-state index in [1.165, 1.54) is 0 Å².